The van der Waals surface area contributed by atoms with E-state index in [1.807, 2.05) is 6.07 Å². The van der Waals surface area contributed by atoms with E-state index in [2.05, 4.69) is 21.2 Å². The molecule has 0 aliphatic carbocycles. The molecular weight excluding hydrogens is 360 g/mol. The highest BCUT2D eigenvalue weighted by Crippen LogP contribution is 2.28. The van der Waals surface area contributed by atoms with Crippen molar-refractivity contribution >= 4 is 44.6 Å². The molecule has 0 atom stereocenters. The van der Waals surface area contributed by atoms with E-state index in [-0.39, 0.29) is 12.1 Å². The molecule has 6 nitrogen and oxygen atoms in total. The highest BCUT2D eigenvalue weighted by molar-refractivity contribution is 9.10. The molecule has 0 spiro atoms. The molecule has 0 aliphatic heterocycles. The van der Waals surface area contributed by atoms with Crippen molar-refractivity contribution in [1.82, 2.24) is 0 Å². The van der Waals surface area contributed by atoms with Crippen molar-refractivity contribution in [1.29, 1.82) is 0 Å². The number of nitrogens with zero attached hydrogens (tertiary/aromatic N) is 1. The molecule has 0 saturated carbocycles. The Morgan fingerprint density at radius 2 is 2.05 bits per heavy atom. The molecular formula is C13H11BrN2O4S. The Morgan fingerprint density at radius 3 is 2.67 bits per heavy atom. The zero-order valence-electron chi connectivity index (χ0n) is 10.7. The number of halogens is 1. The van der Waals surface area contributed by atoms with Crippen molar-refractivity contribution in [2.75, 3.05) is 5.32 Å². The molecule has 0 aliphatic rings. The maximum Gasteiger partial charge on any atom is 0.308 e. The largest absolute Gasteiger partial charge is 0.481 e. The number of nitrogens with one attached hydrogen (secondary N) is 1. The summed E-state index contributed by atoms with van der Waals surface area (Å²) in [5.41, 5.74) is 0.765. The van der Waals surface area contributed by atoms with Gasteiger partial charge in [0.15, 0.2) is 0 Å². The second kappa shape index (κ2) is 6.68. The van der Waals surface area contributed by atoms with Gasteiger partial charge in [0.1, 0.15) is 0 Å². The van der Waals surface area contributed by atoms with Crippen LogP contribution in [-0.2, 0) is 17.8 Å². The first-order chi connectivity index (χ1) is 9.95. The number of carboxylic acids is 1. The van der Waals surface area contributed by atoms with Gasteiger partial charge in [-0.05, 0) is 40.2 Å². The van der Waals surface area contributed by atoms with Crippen LogP contribution in [0.3, 0.4) is 0 Å². The molecule has 0 amide bonds. The third-order valence-electron chi connectivity index (χ3n) is 2.65. The lowest BCUT2D eigenvalue weighted by molar-refractivity contribution is -0.385. The molecule has 1 aromatic heterocycles. The maximum atomic E-state index is 10.7. The van der Waals surface area contributed by atoms with Crippen LogP contribution in [0.4, 0.5) is 11.4 Å². The number of anilines is 1. The van der Waals surface area contributed by atoms with Crippen LogP contribution in [0.2, 0.25) is 0 Å². The van der Waals surface area contributed by atoms with Gasteiger partial charge in [-0.15, -0.1) is 11.3 Å². The second-order valence-corrected chi connectivity index (χ2v) is 6.32. The number of nitro groups is 1. The van der Waals surface area contributed by atoms with Gasteiger partial charge in [0.2, 0.25) is 0 Å². The van der Waals surface area contributed by atoms with Crippen LogP contribution >= 0.6 is 27.3 Å². The van der Waals surface area contributed by atoms with E-state index in [1.54, 1.807) is 18.2 Å². The Morgan fingerprint density at radius 1 is 1.33 bits per heavy atom. The van der Waals surface area contributed by atoms with Crippen LogP contribution in [0.15, 0.2) is 34.8 Å². The lowest BCUT2D eigenvalue weighted by atomic mass is 10.3. The molecule has 0 fully saturated rings. The minimum absolute atomic E-state index is 0.0143. The van der Waals surface area contributed by atoms with E-state index < -0.39 is 10.9 Å². The molecule has 110 valence electrons. The number of hydrogen-bond donors (Lipinski definition) is 2. The van der Waals surface area contributed by atoms with Crippen LogP contribution < -0.4 is 5.32 Å². The molecule has 1 aromatic carbocycles. The second-order valence-electron chi connectivity index (χ2n) is 4.22. The van der Waals surface area contributed by atoms with Gasteiger partial charge >= 0.3 is 5.97 Å². The average molecular weight is 371 g/mol. The quantitative estimate of drug-likeness (QED) is 0.597. The monoisotopic (exact) mass is 370 g/mol. The fourth-order valence-electron chi connectivity index (χ4n) is 1.72. The highest BCUT2D eigenvalue weighted by atomic mass is 79.9. The summed E-state index contributed by atoms with van der Waals surface area (Å²) in [5, 5.41) is 22.6. The van der Waals surface area contributed by atoms with Gasteiger partial charge in [0.25, 0.3) is 5.69 Å². The lowest BCUT2D eigenvalue weighted by Gasteiger charge is -2.05. The summed E-state index contributed by atoms with van der Waals surface area (Å²) in [6.45, 7) is 0.536. The smallest absolute Gasteiger partial charge is 0.308 e. The van der Waals surface area contributed by atoms with Crippen LogP contribution in [0.1, 0.15) is 9.75 Å². The summed E-state index contributed by atoms with van der Waals surface area (Å²) < 4.78 is 0.412. The molecule has 0 saturated heterocycles. The summed E-state index contributed by atoms with van der Waals surface area (Å²) in [6.07, 6.45) is 0.0216. The Hall–Kier alpha value is -1.93. The van der Waals surface area contributed by atoms with Crippen LogP contribution in [0, 0.1) is 10.1 Å². The molecule has 8 heteroatoms. The molecule has 0 bridgehead atoms. The van der Waals surface area contributed by atoms with Crippen molar-refractivity contribution in [2.24, 2.45) is 0 Å². The average Bonchev–Trinajstić information content (AvgIpc) is 2.82. The molecule has 2 N–H and O–H groups in total. The number of aliphatic carboxylic acids is 1. The van der Waals surface area contributed by atoms with Crippen molar-refractivity contribution in [3.05, 3.63) is 54.7 Å². The third kappa shape index (κ3) is 4.27. The minimum Gasteiger partial charge on any atom is -0.481 e. The van der Waals surface area contributed by atoms with Gasteiger partial charge in [-0.1, -0.05) is 0 Å². The minimum atomic E-state index is -0.851. The Bertz CT molecular complexity index is 687. The molecule has 1 heterocycles. The zero-order valence-corrected chi connectivity index (χ0v) is 13.1. The molecule has 21 heavy (non-hydrogen) atoms. The number of hydrogen-bond acceptors (Lipinski definition) is 5. The maximum absolute atomic E-state index is 10.7. The lowest BCUT2D eigenvalue weighted by Crippen LogP contribution is -1.98. The van der Waals surface area contributed by atoms with Crippen molar-refractivity contribution in [3.63, 3.8) is 0 Å². The number of carboxylic acid groups (broad SMARTS) is 1. The van der Waals surface area contributed by atoms with E-state index in [9.17, 15) is 14.9 Å². The van der Waals surface area contributed by atoms with Gasteiger partial charge in [-0.2, -0.15) is 0 Å². The summed E-state index contributed by atoms with van der Waals surface area (Å²) in [7, 11) is 0. The number of rotatable bonds is 6. The van der Waals surface area contributed by atoms with Gasteiger partial charge < -0.3 is 10.4 Å². The summed E-state index contributed by atoms with van der Waals surface area (Å²) >= 11 is 4.59. The van der Waals surface area contributed by atoms with Crippen molar-refractivity contribution in [2.45, 2.75) is 13.0 Å². The standard InChI is InChI=1S/C13H11BrN2O4S/c14-11-5-8(1-4-12(11)16(19)20)15-7-10-3-2-9(21-10)6-13(17)18/h1-5,15H,6-7H2,(H,17,18). The van der Waals surface area contributed by atoms with Gasteiger partial charge in [0, 0.05) is 28.1 Å². The molecule has 2 aromatic rings. The van der Waals surface area contributed by atoms with Crippen LogP contribution in [-0.4, -0.2) is 16.0 Å². The number of nitro benzene ring substituents is 1. The van der Waals surface area contributed by atoms with Crippen LogP contribution in [0.25, 0.3) is 0 Å². The first-order valence-corrected chi connectivity index (χ1v) is 7.54. The Kier molecular flexibility index (Phi) is 4.92. The normalized spacial score (nSPS) is 10.3. The van der Waals surface area contributed by atoms with Gasteiger partial charge in [0.05, 0.1) is 15.8 Å². The third-order valence-corrected chi connectivity index (χ3v) is 4.37. The fourth-order valence-corrected chi connectivity index (χ4v) is 3.19. The molecule has 0 unspecified atom stereocenters. The number of thiophene rings is 1. The number of benzene rings is 1. The predicted molar refractivity (Wildman–Crippen MR) is 83.8 cm³/mol. The SMILES string of the molecule is O=C(O)Cc1ccc(CNc2ccc([N+](=O)[O-])c(Br)c2)s1. The predicted octanol–water partition coefficient (Wildman–Crippen LogP) is 3.66. The fraction of sp³-hybridized carbons (Fsp3) is 0.154. The van der Waals surface area contributed by atoms with Crippen molar-refractivity contribution < 1.29 is 14.8 Å². The molecule has 0 radical (unpaired) electrons. The summed E-state index contributed by atoms with van der Waals surface area (Å²) in [4.78, 5) is 22.7. The zero-order chi connectivity index (χ0) is 15.4. The first kappa shape index (κ1) is 15.5. The van der Waals surface area contributed by atoms with Crippen LogP contribution in [0.5, 0.6) is 0 Å². The van der Waals surface area contributed by atoms with E-state index in [1.165, 1.54) is 17.4 Å². The Balaban J connectivity index is 1.99. The van der Waals surface area contributed by atoms with Gasteiger partial charge in [-0.25, -0.2) is 0 Å². The number of carbonyl (C=O) groups is 1. The van der Waals surface area contributed by atoms with E-state index in [0.717, 1.165) is 15.4 Å². The van der Waals surface area contributed by atoms with E-state index in [4.69, 9.17) is 5.11 Å². The summed E-state index contributed by atoms with van der Waals surface area (Å²) in [5.74, 6) is -0.851. The Labute approximate surface area is 132 Å². The first-order valence-electron chi connectivity index (χ1n) is 5.93. The summed E-state index contributed by atoms with van der Waals surface area (Å²) in [6, 6.07) is 8.37. The molecule has 2 rings (SSSR count). The van der Waals surface area contributed by atoms with Crippen molar-refractivity contribution in [3.8, 4) is 0 Å². The topological polar surface area (TPSA) is 92.5 Å². The highest BCUT2D eigenvalue weighted by Gasteiger charge is 2.11. The van der Waals surface area contributed by atoms with Gasteiger partial charge in [-0.3, -0.25) is 14.9 Å². The van der Waals surface area contributed by atoms with E-state index in [0.29, 0.717) is 11.0 Å². The van der Waals surface area contributed by atoms with E-state index >= 15 is 0 Å².